The molecule has 4 rings (SSSR count). The fourth-order valence-electron chi connectivity index (χ4n) is 4.38. The summed E-state index contributed by atoms with van der Waals surface area (Å²) in [5, 5.41) is 6.68. The molecule has 0 saturated carbocycles. The Hall–Kier alpha value is -2.60. The molecule has 2 unspecified atom stereocenters. The van der Waals surface area contributed by atoms with Gasteiger partial charge in [-0.3, -0.25) is 4.79 Å². The van der Waals surface area contributed by atoms with Crippen molar-refractivity contribution in [2.75, 3.05) is 6.61 Å². The third-order valence-corrected chi connectivity index (χ3v) is 5.69. The third-order valence-electron chi connectivity index (χ3n) is 5.69. The fraction of sp³-hybridized carbons (Fsp3) is 0.478. The number of nitrogens with one attached hydrogen (secondary N) is 2. The molecule has 3 heterocycles. The average molecular weight is 396 g/mol. The zero-order valence-corrected chi connectivity index (χ0v) is 16.9. The molecular formula is C23H29N3O3. The summed E-state index contributed by atoms with van der Waals surface area (Å²) in [6.45, 7) is 3.07. The number of hydrogen-bond donors (Lipinski definition) is 2. The van der Waals surface area contributed by atoms with Crippen LogP contribution in [0.15, 0.2) is 42.6 Å². The fourth-order valence-corrected chi connectivity index (χ4v) is 4.38. The second-order valence-corrected chi connectivity index (χ2v) is 7.96. The van der Waals surface area contributed by atoms with Crippen molar-refractivity contribution in [1.82, 2.24) is 15.6 Å². The molecule has 2 aliphatic heterocycles. The molecule has 0 aliphatic carbocycles. The molecule has 29 heavy (non-hydrogen) atoms. The molecule has 1 aromatic heterocycles. The number of carbonyl (C=O) groups excluding carboxylic acids is 1. The van der Waals surface area contributed by atoms with E-state index in [0.717, 1.165) is 24.2 Å². The molecule has 6 nitrogen and oxygen atoms in total. The van der Waals surface area contributed by atoms with Crippen LogP contribution in [0.2, 0.25) is 0 Å². The molecule has 2 saturated heterocycles. The van der Waals surface area contributed by atoms with E-state index >= 15 is 0 Å². The summed E-state index contributed by atoms with van der Waals surface area (Å²) in [6, 6.07) is 12.5. The highest BCUT2D eigenvalue weighted by atomic mass is 16.5. The van der Waals surface area contributed by atoms with Crippen LogP contribution in [0.4, 0.5) is 0 Å². The number of pyridine rings is 1. The maximum Gasteiger partial charge on any atom is 0.220 e. The quantitative estimate of drug-likeness (QED) is 0.711. The minimum Gasteiger partial charge on any atom is -0.494 e. The number of ether oxygens (including phenoxy) is 2. The Morgan fingerprint density at radius 3 is 2.59 bits per heavy atom. The van der Waals surface area contributed by atoms with Crippen LogP contribution in [-0.4, -0.2) is 29.6 Å². The van der Waals surface area contributed by atoms with Crippen LogP contribution in [0, 0.1) is 5.92 Å². The van der Waals surface area contributed by atoms with Crippen molar-refractivity contribution in [2.24, 2.45) is 5.92 Å². The van der Waals surface area contributed by atoms with Crippen molar-refractivity contribution in [2.45, 2.75) is 57.7 Å². The van der Waals surface area contributed by atoms with E-state index in [9.17, 15) is 4.79 Å². The lowest BCUT2D eigenvalue weighted by atomic mass is 9.89. The number of amides is 1. The molecular weight excluding hydrogens is 366 g/mol. The topological polar surface area (TPSA) is 72.5 Å². The smallest absolute Gasteiger partial charge is 0.220 e. The van der Waals surface area contributed by atoms with Gasteiger partial charge in [0.05, 0.1) is 6.61 Å². The maximum atomic E-state index is 12.4. The summed E-state index contributed by atoms with van der Waals surface area (Å²) in [5.74, 6) is 2.65. The van der Waals surface area contributed by atoms with Crippen LogP contribution in [0.5, 0.6) is 17.4 Å². The Labute approximate surface area is 172 Å². The number of hydrogen-bond acceptors (Lipinski definition) is 5. The number of benzene rings is 1. The van der Waals surface area contributed by atoms with E-state index in [1.54, 1.807) is 6.20 Å². The first-order valence-electron chi connectivity index (χ1n) is 10.6. The maximum absolute atomic E-state index is 12.4. The van der Waals surface area contributed by atoms with Crippen LogP contribution in [0.1, 0.15) is 44.6 Å². The van der Waals surface area contributed by atoms with E-state index in [-0.39, 0.29) is 5.91 Å². The van der Waals surface area contributed by atoms with Gasteiger partial charge in [0.1, 0.15) is 11.5 Å². The van der Waals surface area contributed by atoms with Crippen molar-refractivity contribution < 1.29 is 14.3 Å². The van der Waals surface area contributed by atoms with Gasteiger partial charge in [0, 0.05) is 37.3 Å². The van der Waals surface area contributed by atoms with Crippen LogP contribution < -0.4 is 20.1 Å². The summed E-state index contributed by atoms with van der Waals surface area (Å²) in [6.07, 6.45) is 7.09. The summed E-state index contributed by atoms with van der Waals surface area (Å²) < 4.78 is 11.3. The molecule has 2 atom stereocenters. The van der Waals surface area contributed by atoms with Gasteiger partial charge in [0.25, 0.3) is 0 Å². The first kappa shape index (κ1) is 19.7. The molecule has 2 bridgehead atoms. The zero-order valence-electron chi connectivity index (χ0n) is 16.9. The Balaban J connectivity index is 1.26. The third kappa shape index (κ3) is 5.48. The molecule has 6 heteroatoms. The molecule has 2 aromatic rings. The molecule has 0 spiro atoms. The SMILES string of the molecule is CCOc1ccc(Oc2cc(CNC(=O)CC3CC4CCC(C3)N4)ccn2)cc1. The Morgan fingerprint density at radius 2 is 1.86 bits per heavy atom. The molecule has 154 valence electrons. The lowest BCUT2D eigenvalue weighted by Gasteiger charge is -2.28. The second kappa shape index (κ2) is 9.27. The minimum absolute atomic E-state index is 0.127. The summed E-state index contributed by atoms with van der Waals surface area (Å²) in [5.41, 5.74) is 0.972. The van der Waals surface area contributed by atoms with Crippen molar-refractivity contribution in [3.63, 3.8) is 0 Å². The highest BCUT2D eigenvalue weighted by Gasteiger charge is 2.34. The van der Waals surface area contributed by atoms with Gasteiger partial charge in [-0.25, -0.2) is 4.98 Å². The van der Waals surface area contributed by atoms with Gasteiger partial charge in [-0.05, 0) is 74.4 Å². The average Bonchev–Trinajstić information content (AvgIpc) is 3.06. The summed E-state index contributed by atoms with van der Waals surface area (Å²) in [4.78, 5) is 16.7. The Morgan fingerprint density at radius 1 is 1.14 bits per heavy atom. The van der Waals surface area contributed by atoms with Crippen LogP contribution in [0.3, 0.4) is 0 Å². The van der Waals surface area contributed by atoms with Crippen molar-refractivity contribution in [1.29, 1.82) is 0 Å². The Bertz CT molecular complexity index is 812. The predicted molar refractivity (Wildman–Crippen MR) is 111 cm³/mol. The number of nitrogens with zero attached hydrogens (tertiary/aromatic N) is 1. The van der Waals surface area contributed by atoms with Crippen LogP contribution in [-0.2, 0) is 11.3 Å². The van der Waals surface area contributed by atoms with E-state index in [0.29, 0.717) is 49.2 Å². The largest absolute Gasteiger partial charge is 0.494 e. The highest BCUT2D eigenvalue weighted by Crippen LogP contribution is 2.32. The summed E-state index contributed by atoms with van der Waals surface area (Å²) >= 11 is 0. The normalized spacial score (nSPS) is 22.9. The molecule has 2 fully saturated rings. The van der Waals surface area contributed by atoms with Gasteiger partial charge in [0.2, 0.25) is 11.8 Å². The standard InChI is InChI=1S/C23H29N3O3/c1-2-28-20-5-7-21(8-6-20)29-23-14-16(9-10-24-23)15-25-22(27)13-17-11-18-3-4-19(12-17)26-18/h5-10,14,17-19,26H,2-4,11-13,15H2,1H3,(H,25,27). The minimum atomic E-state index is 0.127. The number of piperidine rings is 1. The number of fused-ring (bicyclic) bond motifs is 2. The van der Waals surface area contributed by atoms with E-state index in [2.05, 4.69) is 15.6 Å². The van der Waals surface area contributed by atoms with Gasteiger partial charge in [-0.15, -0.1) is 0 Å². The first-order chi connectivity index (χ1) is 14.2. The van der Waals surface area contributed by atoms with Crippen LogP contribution in [0.25, 0.3) is 0 Å². The lowest BCUT2D eigenvalue weighted by Crippen LogP contribution is -2.39. The second-order valence-electron chi connectivity index (χ2n) is 7.96. The monoisotopic (exact) mass is 395 g/mol. The number of aromatic nitrogens is 1. The van der Waals surface area contributed by atoms with Crippen molar-refractivity contribution in [3.05, 3.63) is 48.2 Å². The van der Waals surface area contributed by atoms with E-state index in [1.165, 1.54) is 12.8 Å². The van der Waals surface area contributed by atoms with Crippen LogP contribution >= 0.6 is 0 Å². The van der Waals surface area contributed by atoms with E-state index in [4.69, 9.17) is 9.47 Å². The Kier molecular flexibility index (Phi) is 6.30. The highest BCUT2D eigenvalue weighted by molar-refractivity contribution is 5.76. The molecule has 2 N–H and O–H groups in total. The first-order valence-corrected chi connectivity index (χ1v) is 10.6. The van der Waals surface area contributed by atoms with E-state index in [1.807, 2.05) is 43.3 Å². The number of rotatable bonds is 8. The molecule has 0 radical (unpaired) electrons. The van der Waals surface area contributed by atoms with Gasteiger partial charge < -0.3 is 20.1 Å². The van der Waals surface area contributed by atoms with E-state index < -0.39 is 0 Å². The molecule has 1 amide bonds. The van der Waals surface area contributed by atoms with Crippen molar-refractivity contribution >= 4 is 5.91 Å². The lowest BCUT2D eigenvalue weighted by molar-refractivity contribution is -0.122. The molecule has 1 aromatic carbocycles. The van der Waals surface area contributed by atoms with Gasteiger partial charge >= 0.3 is 0 Å². The van der Waals surface area contributed by atoms with Gasteiger partial charge in [0.15, 0.2) is 0 Å². The van der Waals surface area contributed by atoms with Gasteiger partial charge in [-0.1, -0.05) is 0 Å². The molecule has 2 aliphatic rings. The van der Waals surface area contributed by atoms with Crippen molar-refractivity contribution in [3.8, 4) is 17.4 Å². The van der Waals surface area contributed by atoms with Gasteiger partial charge in [-0.2, -0.15) is 0 Å². The predicted octanol–water partition coefficient (Wildman–Crippen LogP) is 3.81. The summed E-state index contributed by atoms with van der Waals surface area (Å²) in [7, 11) is 0. The zero-order chi connectivity index (χ0) is 20.1. The number of carbonyl (C=O) groups is 1.